The van der Waals surface area contributed by atoms with Gasteiger partial charge in [0.1, 0.15) is 5.82 Å². The molecule has 3 nitrogen and oxygen atoms in total. The second kappa shape index (κ2) is 5.41. The maximum absolute atomic E-state index is 13.3. The van der Waals surface area contributed by atoms with Gasteiger partial charge in [0, 0.05) is 37.4 Å². The first-order chi connectivity index (χ1) is 9.59. The summed E-state index contributed by atoms with van der Waals surface area (Å²) in [5.74, 6) is 0.587. The van der Waals surface area contributed by atoms with Crippen LogP contribution in [0.25, 0.3) is 0 Å². The Morgan fingerprint density at radius 2 is 2.25 bits per heavy atom. The molecule has 1 saturated carbocycles. The molecule has 0 radical (unpaired) electrons. The minimum atomic E-state index is -0.237. The largest absolute Gasteiger partial charge is 0.309 e. The molecule has 1 saturated heterocycles. The van der Waals surface area contributed by atoms with Crippen molar-refractivity contribution in [2.24, 2.45) is 5.92 Å². The fraction of sp³-hybridized carbons (Fsp3) is 0.688. The van der Waals surface area contributed by atoms with Crippen LogP contribution in [0.1, 0.15) is 38.7 Å². The van der Waals surface area contributed by atoms with Gasteiger partial charge in [-0.05, 0) is 43.7 Å². The molecule has 1 N–H and O–H groups in total. The Morgan fingerprint density at radius 3 is 2.90 bits per heavy atom. The standard InChI is InChI=1S/C16H24FN3/c1-3-16(2)11-20(15(9-19-16)13-4-5-13)10-12-6-14(17)8-18-7-12/h6-8,13,15,19H,3-5,9-11H2,1-2H3. The normalized spacial score (nSPS) is 31.4. The molecule has 20 heavy (non-hydrogen) atoms. The molecular formula is C16H24FN3. The van der Waals surface area contributed by atoms with Crippen LogP contribution in [-0.4, -0.2) is 34.6 Å². The zero-order valence-electron chi connectivity index (χ0n) is 12.4. The summed E-state index contributed by atoms with van der Waals surface area (Å²) < 4.78 is 13.3. The van der Waals surface area contributed by atoms with Gasteiger partial charge in [-0.3, -0.25) is 9.88 Å². The van der Waals surface area contributed by atoms with Gasteiger partial charge in [-0.25, -0.2) is 4.39 Å². The number of hydrogen-bond donors (Lipinski definition) is 1. The molecule has 4 heteroatoms. The predicted molar refractivity (Wildman–Crippen MR) is 77.8 cm³/mol. The summed E-state index contributed by atoms with van der Waals surface area (Å²) in [4.78, 5) is 6.51. The molecule has 1 aromatic heterocycles. The number of aromatic nitrogens is 1. The number of nitrogens with one attached hydrogen (secondary N) is 1. The molecule has 3 rings (SSSR count). The minimum Gasteiger partial charge on any atom is -0.309 e. The summed E-state index contributed by atoms with van der Waals surface area (Å²) in [5, 5.41) is 3.71. The van der Waals surface area contributed by atoms with Crippen LogP contribution in [0.3, 0.4) is 0 Å². The zero-order valence-corrected chi connectivity index (χ0v) is 12.4. The lowest BCUT2D eigenvalue weighted by Gasteiger charge is -2.46. The molecule has 1 aliphatic carbocycles. The molecule has 2 aliphatic rings. The van der Waals surface area contributed by atoms with Crippen molar-refractivity contribution in [3.8, 4) is 0 Å². The number of piperazine rings is 1. The lowest BCUT2D eigenvalue weighted by molar-refractivity contribution is 0.0660. The van der Waals surface area contributed by atoms with Crippen LogP contribution in [0.4, 0.5) is 4.39 Å². The van der Waals surface area contributed by atoms with E-state index in [9.17, 15) is 4.39 Å². The Labute approximate surface area is 120 Å². The molecule has 1 aliphatic heterocycles. The highest BCUT2D eigenvalue weighted by Gasteiger charge is 2.41. The monoisotopic (exact) mass is 277 g/mol. The highest BCUT2D eigenvalue weighted by molar-refractivity contribution is 5.12. The highest BCUT2D eigenvalue weighted by Crippen LogP contribution is 2.38. The first kappa shape index (κ1) is 14.0. The van der Waals surface area contributed by atoms with Crippen LogP contribution in [0.15, 0.2) is 18.5 Å². The molecule has 2 atom stereocenters. The number of halogens is 1. The van der Waals surface area contributed by atoms with Crippen LogP contribution in [0, 0.1) is 11.7 Å². The van der Waals surface area contributed by atoms with Crippen molar-refractivity contribution in [1.29, 1.82) is 0 Å². The fourth-order valence-electron chi connectivity index (χ4n) is 3.23. The quantitative estimate of drug-likeness (QED) is 0.917. The van der Waals surface area contributed by atoms with Gasteiger partial charge in [0.25, 0.3) is 0 Å². The second-order valence-electron chi connectivity index (χ2n) is 6.62. The third-order valence-corrected chi connectivity index (χ3v) is 4.85. The number of nitrogens with zero attached hydrogens (tertiary/aromatic N) is 2. The van der Waals surface area contributed by atoms with Crippen LogP contribution < -0.4 is 5.32 Å². The molecule has 2 fully saturated rings. The smallest absolute Gasteiger partial charge is 0.141 e. The van der Waals surface area contributed by atoms with Gasteiger partial charge in [-0.2, -0.15) is 0 Å². The van der Waals surface area contributed by atoms with Gasteiger partial charge in [-0.1, -0.05) is 6.92 Å². The average Bonchev–Trinajstić information content (AvgIpc) is 3.23. The first-order valence-electron chi connectivity index (χ1n) is 7.68. The molecule has 2 heterocycles. The van der Waals surface area contributed by atoms with E-state index in [-0.39, 0.29) is 11.4 Å². The lowest BCUT2D eigenvalue weighted by atomic mass is 9.92. The van der Waals surface area contributed by atoms with Crippen molar-refractivity contribution in [3.05, 3.63) is 29.8 Å². The summed E-state index contributed by atoms with van der Waals surface area (Å²) in [6.45, 7) is 7.40. The summed E-state index contributed by atoms with van der Waals surface area (Å²) in [6, 6.07) is 2.21. The zero-order chi connectivity index (χ0) is 14.2. The maximum Gasteiger partial charge on any atom is 0.141 e. The van der Waals surface area contributed by atoms with Crippen molar-refractivity contribution in [1.82, 2.24) is 15.2 Å². The summed E-state index contributed by atoms with van der Waals surface area (Å²) in [7, 11) is 0. The van der Waals surface area contributed by atoms with Gasteiger partial charge in [-0.15, -0.1) is 0 Å². The molecule has 0 spiro atoms. The third-order valence-electron chi connectivity index (χ3n) is 4.85. The van der Waals surface area contributed by atoms with E-state index in [4.69, 9.17) is 0 Å². The lowest BCUT2D eigenvalue weighted by Crippen LogP contribution is -2.62. The van der Waals surface area contributed by atoms with E-state index in [1.165, 1.54) is 19.0 Å². The van der Waals surface area contributed by atoms with Gasteiger partial charge >= 0.3 is 0 Å². The van der Waals surface area contributed by atoms with Crippen molar-refractivity contribution in [2.75, 3.05) is 13.1 Å². The molecular weight excluding hydrogens is 253 g/mol. The van der Waals surface area contributed by atoms with Crippen LogP contribution in [0.2, 0.25) is 0 Å². The number of rotatable bonds is 4. The topological polar surface area (TPSA) is 28.2 Å². The van der Waals surface area contributed by atoms with Crippen molar-refractivity contribution in [2.45, 2.75) is 51.2 Å². The number of pyridine rings is 1. The molecule has 110 valence electrons. The van der Waals surface area contributed by atoms with Gasteiger partial charge < -0.3 is 5.32 Å². The van der Waals surface area contributed by atoms with E-state index < -0.39 is 0 Å². The Hall–Kier alpha value is -1.00. The fourth-order valence-corrected chi connectivity index (χ4v) is 3.23. The van der Waals surface area contributed by atoms with Crippen LogP contribution in [-0.2, 0) is 6.54 Å². The van der Waals surface area contributed by atoms with Crippen molar-refractivity contribution < 1.29 is 4.39 Å². The predicted octanol–water partition coefficient (Wildman–Crippen LogP) is 2.57. The van der Waals surface area contributed by atoms with E-state index in [0.29, 0.717) is 6.04 Å². The van der Waals surface area contributed by atoms with Crippen LogP contribution >= 0.6 is 0 Å². The summed E-state index contributed by atoms with van der Waals surface area (Å²) in [6.07, 6.45) is 6.86. The first-order valence-corrected chi connectivity index (χ1v) is 7.68. The van der Waals surface area contributed by atoms with E-state index in [1.54, 1.807) is 12.3 Å². The Kier molecular flexibility index (Phi) is 3.78. The summed E-state index contributed by atoms with van der Waals surface area (Å²) >= 11 is 0. The Bertz CT molecular complexity index is 475. The van der Waals surface area contributed by atoms with E-state index in [0.717, 1.165) is 37.5 Å². The molecule has 2 unspecified atom stereocenters. The molecule has 1 aromatic rings. The van der Waals surface area contributed by atoms with Gasteiger partial charge in [0.15, 0.2) is 0 Å². The van der Waals surface area contributed by atoms with E-state index >= 15 is 0 Å². The number of hydrogen-bond acceptors (Lipinski definition) is 3. The van der Waals surface area contributed by atoms with E-state index in [2.05, 4.69) is 29.0 Å². The molecule has 0 aromatic carbocycles. The third kappa shape index (κ3) is 3.01. The SMILES string of the molecule is CCC1(C)CN(Cc2cncc(F)c2)C(C2CC2)CN1. The van der Waals surface area contributed by atoms with Gasteiger partial charge in [0.05, 0.1) is 6.20 Å². The molecule has 0 amide bonds. The van der Waals surface area contributed by atoms with Crippen LogP contribution in [0.5, 0.6) is 0 Å². The Balaban J connectivity index is 1.75. The minimum absolute atomic E-state index is 0.173. The van der Waals surface area contributed by atoms with Crippen molar-refractivity contribution >= 4 is 0 Å². The average molecular weight is 277 g/mol. The van der Waals surface area contributed by atoms with Gasteiger partial charge in [0.2, 0.25) is 0 Å². The molecule has 0 bridgehead atoms. The Morgan fingerprint density at radius 1 is 1.45 bits per heavy atom. The highest BCUT2D eigenvalue weighted by atomic mass is 19.1. The van der Waals surface area contributed by atoms with Crippen molar-refractivity contribution in [3.63, 3.8) is 0 Å². The maximum atomic E-state index is 13.3. The van der Waals surface area contributed by atoms with E-state index in [1.807, 2.05) is 0 Å². The summed E-state index contributed by atoms with van der Waals surface area (Å²) in [5.41, 5.74) is 1.16. The second-order valence-corrected chi connectivity index (χ2v) is 6.62.